The number of rotatable bonds is 7. The van der Waals surface area contributed by atoms with Gasteiger partial charge < -0.3 is 0 Å². The van der Waals surface area contributed by atoms with Gasteiger partial charge in [-0.1, -0.05) is 157 Å². The van der Waals surface area contributed by atoms with E-state index in [1.807, 2.05) is 6.07 Å². The van der Waals surface area contributed by atoms with Crippen LogP contribution >= 0.6 is 0 Å². The first-order chi connectivity index (χ1) is 24.6. The molecule has 0 saturated heterocycles. The maximum Gasteiger partial charge on any atom is 0.160 e. The minimum absolute atomic E-state index is 0.691. The summed E-state index contributed by atoms with van der Waals surface area (Å²) >= 11 is 0. The van der Waals surface area contributed by atoms with E-state index in [2.05, 4.69) is 190 Å². The molecule has 0 unspecified atom stereocenters. The minimum Gasteiger partial charge on any atom is -0.228 e. The van der Waals surface area contributed by atoms with Gasteiger partial charge in [0.05, 0.1) is 11.4 Å². The molecule has 0 aliphatic rings. The van der Waals surface area contributed by atoms with E-state index >= 15 is 0 Å². The standard InChI is InChI=1S/C48H36N2/c1-33-19-23-36(24-20-33)39-15-9-17-41(27-39)44-29-43(35-11-5-3-6-12-35)30-45(31-44)48-49-46(38-13-7-4-8-14-38)32-47(50-48)42-18-10-16-40(28-42)37-25-21-34(2)22-26-37/h3-32H,1-2H3. The van der Waals surface area contributed by atoms with Crippen molar-refractivity contribution in [3.63, 3.8) is 0 Å². The first-order valence-corrected chi connectivity index (χ1v) is 17.1. The highest BCUT2D eigenvalue weighted by atomic mass is 14.9. The van der Waals surface area contributed by atoms with Crippen LogP contribution in [0.1, 0.15) is 11.1 Å². The van der Waals surface area contributed by atoms with Crippen molar-refractivity contribution in [1.29, 1.82) is 0 Å². The molecule has 0 aliphatic carbocycles. The van der Waals surface area contributed by atoms with Gasteiger partial charge in [0, 0.05) is 16.7 Å². The third-order valence-electron chi connectivity index (χ3n) is 9.22. The van der Waals surface area contributed by atoms with Crippen LogP contribution in [0.2, 0.25) is 0 Å². The monoisotopic (exact) mass is 640 g/mol. The molecule has 0 aliphatic heterocycles. The number of aryl methyl sites for hydroxylation is 2. The van der Waals surface area contributed by atoms with Crippen LogP contribution in [0.3, 0.4) is 0 Å². The quantitative estimate of drug-likeness (QED) is 0.173. The molecular weight excluding hydrogens is 605 g/mol. The van der Waals surface area contributed by atoms with E-state index in [1.54, 1.807) is 0 Å². The van der Waals surface area contributed by atoms with E-state index in [4.69, 9.17) is 9.97 Å². The van der Waals surface area contributed by atoms with E-state index in [0.717, 1.165) is 55.9 Å². The Morgan fingerprint density at radius 2 is 0.620 bits per heavy atom. The molecule has 2 heteroatoms. The van der Waals surface area contributed by atoms with Crippen LogP contribution in [0.15, 0.2) is 182 Å². The minimum atomic E-state index is 0.691. The second-order valence-corrected chi connectivity index (χ2v) is 12.9. The molecular formula is C48H36N2. The molecule has 8 aromatic rings. The summed E-state index contributed by atoms with van der Waals surface area (Å²) < 4.78 is 0. The van der Waals surface area contributed by atoms with Crippen molar-refractivity contribution in [2.75, 3.05) is 0 Å². The number of hydrogen-bond donors (Lipinski definition) is 0. The number of nitrogens with zero attached hydrogens (tertiary/aromatic N) is 2. The predicted molar refractivity (Wildman–Crippen MR) is 210 cm³/mol. The fourth-order valence-corrected chi connectivity index (χ4v) is 6.43. The third-order valence-corrected chi connectivity index (χ3v) is 9.22. The molecule has 0 bridgehead atoms. The van der Waals surface area contributed by atoms with Crippen molar-refractivity contribution >= 4 is 0 Å². The van der Waals surface area contributed by atoms with Gasteiger partial charge in [0.15, 0.2) is 5.82 Å². The largest absolute Gasteiger partial charge is 0.228 e. The van der Waals surface area contributed by atoms with Crippen molar-refractivity contribution < 1.29 is 0 Å². The Kier molecular flexibility index (Phi) is 8.42. The molecule has 50 heavy (non-hydrogen) atoms. The van der Waals surface area contributed by atoms with E-state index < -0.39 is 0 Å². The fourth-order valence-electron chi connectivity index (χ4n) is 6.43. The lowest BCUT2D eigenvalue weighted by molar-refractivity contribution is 1.18. The molecule has 0 spiro atoms. The molecule has 238 valence electrons. The summed E-state index contributed by atoms with van der Waals surface area (Å²) in [7, 11) is 0. The topological polar surface area (TPSA) is 25.8 Å². The van der Waals surface area contributed by atoms with Crippen LogP contribution in [0.5, 0.6) is 0 Å². The lowest BCUT2D eigenvalue weighted by Crippen LogP contribution is -1.97. The maximum atomic E-state index is 5.28. The number of hydrogen-bond acceptors (Lipinski definition) is 2. The molecule has 1 heterocycles. The molecule has 0 atom stereocenters. The molecule has 8 rings (SSSR count). The molecule has 7 aromatic carbocycles. The summed E-state index contributed by atoms with van der Waals surface area (Å²) in [4.78, 5) is 10.5. The Morgan fingerprint density at radius 1 is 0.260 bits per heavy atom. The summed E-state index contributed by atoms with van der Waals surface area (Å²) in [5, 5.41) is 0. The zero-order valence-electron chi connectivity index (χ0n) is 28.2. The summed E-state index contributed by atoms with van der Waals surface area (Å²) in [6.45, 7) is 4.24. The Bertz CT molecular complexity index is 2240. The molecule has 0 fully saturated rings. The number of benzene rings is 7. The first-order valence-electron chi connectivity index (χ1n) is 17.1. The zero-order valence-corrected chi connectivity index (χ0v) is 28.2. The smallest absolute Gasteiger partial charge is 0.160 e. The SMILES string of the molecule is Cc1ccc(-c2cccc(-c3cc(-c4ccccc4)cc(-c4nc(-c5ccccc5)cc(-c5cccc(-c6ccc(C)cc6)c5)n4)c3)c2)cc1. The molecule has 0 saturated carbocycles. The second-order valence-electron chi connectivity index (χ2n) is 12.9. The van der Waals surface area contributed by atoms with Crippen LogP contribution in [0.25, 0.3) is 78.4 Å². The Balaban J connectivity index is 1.30. The Morgan fingerprint density at radius 3 is 1.18 bits per heavy atom. The lowest BCUT2D eigenvalue weighted by atomic mass is 9.93. The Hall–Kier alpha value is -6.38. The van der Waals surface area contributed by atoms with E-state index in [-0.39, 0.29) is 0 Å². The summed E-state index contributed by atoms with van der Waals surface area (Å²) in [5.74, 6) is 0.691. The van der Waals surface area contributed by atoms with Gasteiger partial charge in [-0.25, -0.2) is 9.97 Å². The Labute approximate surface area is 294 Å². The molecule has 1 aromatic heterocycles. The zero-order chi connectivity index (χ0) is 33.9. The van der Waals surface area contributed by atoms with Crippen molar-refractivity contribution in [1.82, 2.24) is 9.97 Å². The first kappa shape index (κ1) is 30.9. The third kappa shape index (κ3) is 6.65. The van der Waals surface area contributed by atoms with Crippen LogP contribution < -0.4 is 0 Å². The summed E-state index contributed by atoms with van der Waals surface area (Å²) in [5.41, 5.74) is 16.6. The summed E-state index contributed by atoms with van der Waals surface area (Å²) in [6.07, 6.45) is 0. The van der Waals surface area contributed by atoms with Crippen molar-refractivity contribution in [3.05, 3.63) is 193 Å². The van der Waals surface area contributed by atoms with Gasteiger partial charge in [-0.2, -0.15) is 0 Å². The molecule has 0 radical (unpaired) electrons. The van der Waals surface area contributed by atoms with Crippen LogP contribution in [-0.4, -0.2) is 9.97 Å². The lowest BCUT2D eigenvalue weighted by Gasteiger charge is -2.14. The van der Waals surface area contributed by atoms with Crippen LogP contribution in [-0.2, 0) is 0 Å². The average molecular weight is 641 g/mol. The highest BCUT2D eigenvalue weighted by Gasteiger charge is 2.15. The summed E-state index contributed by atoms with van der Waals surface area (Å²) in [6, 6.07) is 64.6. The van der Waals surface area contributed by atoms with Gasteiger partial charge in [-0.15, -0.1) is 0 Å². The molecule has 0 N–H and O–H groups in total. The van der Waals surface area contributed by atoms with Crippen molar-refractivity contribution in [3.8, 4) is 78.4 Å². The van der Waals surface area contributed by atoms with Gasteiger partial charge in [-0.05, 0) is 94.8 Å². The molecule has 0 amide bonds. The highest BCUT2D eigenvalue weighted by Crippen LogP contribution is 2.36. The van der Waals surface area contributed by atoms with Crippen LogP contribution in [0, 0.1) is 13.8 Å². The van der Waals surface area contributed by atoms with E-state index in [1.165, 1.54) is 27.8 Å². The molecule has 2 nitrogen and oxygen atoms in total. The van der Waals surface area contributed by atoms with Gasteiger partial charge >= 0.3 is 0 Å². The highest BCUT2D eigenvalue weighted by molar-refractivity contribution is 5.83. The van der Waals surface area contributed by atoms with Gasteiger partial charge in [0.2, 0.25) is 0 Å². The van der Waals surface area contributed by atoms with Gasteiger partial charge in [-0.3, -0.25) is 0 Å². The average Bonchev–Trinajstić information content (AvgIpc) is 3.19. The van der Waals surface area contributed by atoms with Gasteiger partial charge in [0.1, 0.15) is 0 Å². The van der Waals surface area contributed by atoms with E-state index in [9.17, 15) is 0 Å². The van der Waals surface area contributed by atoms with Crippen LogP contribution in [0.4, 0.5) is 0 Å². The fraction of sp³-hybridized carbons (Fsp3) is 0.0417. The van der Waals surface area contributed by atoms with Crippen molar-refractivity contribution in [2.45, 2.75) is 13.8 Å². The van der Waals surface area contributed by atoms with Gasteiger partial charge in [0.25, 0.3) is 0 Å². The normalized spacial score (nSPS) is 11.0. The van der Waals surface area contributed by atoms with E-state index in [0.29, 0.717) is 5.82 Å². The van der Waals surface area contributed by atoms with Crippen molar-refractivity contribution in [2.24, 2.45) is 0 Å². The maximum absolute atomic E-state index is 5.28. The second kappa shape index (κ2) is 13.6. The number of aromatic nitrogens is 2. The predicted octanol–water partition coefficient (Wildman–Crippen LogP) is 12.8.